The first-order valence-corrected chi connectivity index (χ1v) is 12.1. The molecule has 0 bridgehead atoms. The maximum Gasteiger partial charge on any atom is 0.338 e. The minimum Gasteiger partial charge on any atom is -0.462 e. The molecule has 1 aromatic rings. The molecule has 0 radical (unpaired) electrons. The van der Waals surface area contributed by atoms with E-state index in [0.29, 0.717) is 17.7 Å². The molecule has 0 fully saturated rings. The summed E-state index contributed by atoms with van der Waals surface area (Å²) in [5.41, 5.74) is 1.48. The molecule has 1 rings (SSSR count). The van der Waals surface area contributed by atoms with Gasteiger partial charge in [0.2, 0.25) is 0 Å². The second-order valence-corrected chi connectivity index (χ2v) is 8.49. The van der Waals surface area contributed by atoms with E-state index < -0.39 is 11.9 Å². The van der Waals surface area contributed by atoms with Crippen LogP contribution in [0.5, 0.6) is 0 Å². The number of esters is 2. The Hall–Kier alpha value is -2.10. The molecule has 0 amide bonds. The Morgan fingerprint density at radius 2 is 1.19 bits per heavy atom. The number of hydrogen-bond acceptors (Lipinski definition) is 4. The average molecular weight is 431 g/mol. The number of ether oxygens (including phenoxy) is 2. The van der Waals surface area contributed by atoms with Crippen molar-refractivity contribution >= 4 is 11.9 Å². The monoisotopic (exact) mass is 430 g/mol. The van der Waals surface area contributed by atoms with E-state index in [1.54, 1.807) is 25.1 Å². The molecule has 0 unspecified atom stereocenters. The highest BCUT2D eigenvalue weighted by molar-refractivity contribution is 5.95. The Kier molecular flexibility index (Phi) is 15.3. The molecule has 31 heavy (non-hydrogen) atoms. The van der Waals surface area contributed by atoms with Crippen LogP contribution in [0.2, 0.25) is 0 Å². The van der Waals surface area contributed by atoms with Gasteiger partial charge in [-0.1, -0.05) is 96.6 Å². The van der Waals surface area contributed by atoms with Crippen LogP contribution in [-0.4, -0.2) is 25.2 Å². The predicted octanol–water partition coefficient (Wildman–Crippen LogP) is 7.67. The largest absolute Gasteiger partial charge is 0.462 e. The smallest absolute Gasteiger partial charge is 0.338 e. The van der Waals surface area contributed by atoms with Crippen LogP contribution in [0.1, 0.15) is 118 Å². The van der Waals surface area contributed by atoms with Crippen LogP contribution in [-0.2, 0) is 9.47 Å². The molecule has 0 atom stereocenters. The van der Waals surface area contributed by atoms with E-state index in [-0.39, 0.29) is 6.61 Å². The van der Waals surface area contributed by atoms with Gasteiger partial charge in [-0.25, -0.2) is 9.59 Å². The molecule has 1 aromatic carbocycles. The first-order valence-electron chi connectivity index (χ1n) is 12.1. The minimum atomic E-state index is -0.464. The lowest BCUT2D eigenvalue weighted by molar-refractivity contribution is 0.0497. The molecule has 0 aliphatic carbocycles. The number of benzene rings is 1. The van der Waals surface area contributed by atoms with Crippen LogP contribution >= 0.6 is 0 Å². The molecular formula is C27H42O4. The Balaban J connectivity index is 2.07. The van der Waals surface area contributed by atoms with Gasteiger partial charge in [-0.2, -0.15) is 0 Å². The summed E-state index contributed by atoms with van der Waals surface area (Å²) in [5.74, 6) is -0.859. The molecule has 4 heteroatoms. The number of carbonyl (C=O) groups is 2. The molecular weight excluding hydrogens is 388 g/mol. The molecule has 0 aliphatic rings. The summed E-state index contributed by atoms with van der Waals surface area (Å²) < 4.78 is 10.5. The summed E-state index contributed by atoms with van der Waals surface area (Å²) in [6.07, 6.45) is 16.7. The van der Waals surface area contributed by atoms with E-state index in [9.17, 15) is 9.59 Å². The fraction of sp³-hybridized carbons (Fsp3) is 0.630. The van der Waals surface area contributed by atoms with Gasteiger partial charge in [-0.05, 0) is 37.1 Å². The van der Waals surface area contributed by atoms with Gasteiger partial charge in [-0.3, -0.25) is 0 Å². The Bertz CT molecular complexity index is 650. The van der Waals surface area contributed by atoms with Crippen LogP contribution in [0.15, 0.2) is 36.4 Å². The van der Waals surface area contributed by atoms with Gasteiger partial charge in [0.25, 0.3) is 0 Å². The van der Waals surface area contributed by atoms with E-state index in [1.807, 2.05) is 0 Å². The third-order valence-electron chi connectivity index (χ3n) is 5.26. The maximum atomic E-state index is 12.2. The Morgan fingerprint density at radius 3 is 1.68 bits per heavy atom. The zero-order valence-corrected chi connectivity index (χ0v) is 19.8. The van der Waals surface area contributed by atoms with Crippen LogP contribution < -0.4 is 0 Å². The van der Waals surface area contributed by atoms with Crippen molar-refractivity contribution in [1.82, 2.24) is 0 Å². The topological polar surface area (TPSA) is 52.6 Å². The normalized spacial score (nSPS) is 10.6. The van der Waals surface area contributed by atoms with Crippen molar-refractivity contribution < 1.29 is 19.1 Å². The molecule has 0 aromatic heterocycles. The molecule has 0 aliphatic heterocycles. The maximum absolute atomic E-state index is 12.2. The minimum absolute atomic E-state index is 0.173. The van der Waals surface area contributed by atoms with Gasteiger partial charge in [0.15, 0.2) is 0 Å². The highest BCUT2D eigenvalue weighted by Crippen LogP contribution is 2.13. The van der Waals surface area contributed by atoms with Crippen molar-refractivity contribution in [1.29, 1.82) is 0 Å². The molecule has 174 valence electrons. The van der Waals surface area contributed by atoms with Gasteiger partial charge in [0.1, 0.15) is 6.61 Å². The fourth-order valence-electron chi connectivity index (χ4n) is 3.41. The van der Waals surface area contributed by atoms with Crippen molar-refractivity contribution in [3.8, 4) is 0 Å². The van der Waals surface area contributed by atoms with E-state index in [2.05, 4.69) is 13.5 Å². The SMILES string of the molecule is C=C(C)COC(=O)c1cccc(C(=O)OCCCCCCCCCCCCCCC)c1. The molecule has 0 heterocycles. The van der Waals surface area contributed by atoms with E-state index in [1.165, 1.54) is 76.7 Å². The van der Waals surface area contributed by atoms with E-state index in [0.717, 1.165) is 18.4 Å². The fourth-order valence-corrected chi connectivity index (χ4v) is 3.41. The second-order valence-electron chi connectivity index (χ2n) is 8.49. The summed E-state index contributed by atoms with van der Waals surface area (Å²) in [6.45, 7) is 8.34. The zero-order valence-electron chi connectivity index (χ0n) is 19.8. The first kappa shape index (κ1) is 26.9. The van der Waals surface area contributed by atoms with Gasteiger partial charge in [0.05, 0.1) is 17.7 Å². The summed E-state index contributed by atoms with van der Waals surface area (Å²) in [6, 6.07) is 6.47. The Labute approximate surface area is 189 Å². The average Bonchev–Trinajstić information content (AvgIpc) is 2.77. The summed E-state index contributed by atoms with van der Waals surface area (Å²) in [4.78, 5) is 24.2. The third kappa shape index (κ3) is 13.7. The second kappa shape index (κ2) is 17.6. The van der Waals surface area contributed by atoms with Gasteiger partial charge in [-0.15, -0.1) is 0 Å². The highest BCUT2D eigenvalue weighted by Gasteiger charge is 2.12. The lowest BCUT2D eigenvalue weighted by Crippen LogP contribution is -2.10. The van der Waals surface area contributed by atoms with E-state index >= 15 is 0 Å². The van der Waals surface area contributed by atoms with Gasteiger partial charge < -0.3 is 9.47 Å². The number of rotatable bonds is 18. The Morgan fingerprint density at radius 1 is 0.742 bits per heavy atom. The van der Waals surface area contributed by atoms with Gasteiger partial charge >= 0.3 is 11.9 Å². The van der Waals surface area contributed by atoms with Crippen molar-refractivity contribution in [2.75, 3.05) is 13.2 Å². The summed E-state index contributed by atoms with van der Waals surface area (Å²) in [7, 11) is 0. The van der Waals surface area contributed by atoms with Crippen molar-refractivity contribution in [2.24, 2.45) is 0 Å². The lowest BCUT2D eigenvalue weighted by Gasteiger charge is -2.07. The summed E-state index contributed by atoms with van der Waals surface area (Å²) in [5, 5.41) is 0. The van der Waals surface area contributed by atoms with E-state index in [4.69, 9.17) is 9.47 Å². The van der Waals surface area contributed by atoms with Crippen LogP contribution in [0, 0.1) is 0 Å². The first-order chi connectivity index (χ1) is 15.0. The zero-order chi connectivity index (χ0) is 22.7. The third-order valence-corrected chi connectivity index (χ3v) is 5.26. The van der Waals surface area contributed by atoms with Crippen LogP contribution in [0.4, 0.5) is 0 Å². The molecule has 4 nitrogen and oxygen atoms in total. The van der Waals surface area contributed by atoms with Crippen LogP contribution in [0.3, 0.4) is 0 Å². The quantitative estimate of drug-likeness (QED) is 0.136. The lowest BCUT2D eigenvalue weighted by atomic mass is 10.0. The van der Waals surface area contributed by atoms with Crippen molar-refractivity contribution in [2.45, 2.75) is 97.3 Å². The van der Waals surface area contributed by atoms with Crippen molar-refractivity contribution in [3.63, 3.8) is 0 Å². The van der Waals surface area contributed by atoms with Gasteiger partial charge in [0, 0.05) is 0 Å². The molecule has 0 saturated heterocycles. The predicted molar refractivity (Wildman–Crippen MR) is 128 cm³/mol. The number of hydrogen-bond donors (Lipinski definition) is 0. The number of unbranched alkanes of at least 4 members (excludes halogenated alkanes) is 12. The van der Waals surface area contributed by atoms with Crippen LogP contribution in [0.25, 0.3) is 0 Å². The summed E-state index contributed by atoms with van der Waals surface area (Å²) >= 11 is 0. The van der Waals surface area contributed by atoms with Crippen molar-refractivity contribution in [3.05, 3.63) is 47.5 Å². The molecule has 0 spiro atoms. The number of carbonyl (C=O) groups excluding carboxylic acids is 2. The standard InChI is InChI=1S/C27H42O4/c1-4-5-6-7-8-9-10-11-12-13-14-15-16-20-30-26(28)24-18-17-19-25(21-24)27(29)31-22-23(2)3/h17-19,21H,2,4-16,20,22H2,1,3H3. The highest BCUT2D eigenvalue weighted by atomic mass is 16.5. The molecule has 0 saturated carbocycles. The molecule has 0 N–H and O–H groups in total.